The summed E-state index contributed by atoms with van der Waals surface area (Å²) < 4.78 is 0.856. The maximum Gasteiger partial charge on any atom is 0.159 e. The van der Waals surface area contributed by atoms with Crippen LogP contribution in [0.15, 0.2) is 9.30 Å². The summed E-state index contributed by atoms with van der Waals surface area (Å²) in [5, 5.41) is 1.89. The van der Waals surface area contributed by atoms with Crippen LogP contribution in [0.5, 0.6) is 0 Å². The van der Waals surface area contributed by atoms with Crippen molar-refractivity contribution in [1.29, 1.82) is 0 Å². The fraction of sp³-hybridized carbons (Fsp3) is 0.250. The van der Waals surface area contributed by atoms with Crippen LogP contribution in [0.4, 0.5) is 0 Å². The van der Waals surface area contributed by atoms with E-state index in [0.717, 1.165) is 9.61 Å². The van der Waals surface area contributed by atoms with Crippen LogP contribution in [0.25, 0.3) is 0 Å². The van der Waals surface area contributed by atoms with Gasteiger partial charge in [0.05, 0.1) is 5.69 Å². The van der Waals surface area contributed by atoms with E-state index >= 15 is 0 Å². The molecule has 0 bridgehead atoms. The van der Waals surface area contributed by atoms with Crippen molar-refractivity contribution in [1.82, 2.24) is 4.98 Å². The molecule has 0 aliphatic carbocycles. The molecule has 1 heterocycles. The Kier molecular flexibility index (Phi) is 2.59. The standard InChI is InChI=1S/C4H5BrN2OS/c5-4-7-3(1-8-6)2-9-4/h2H,1,6H2. The molecule has 2 N–H and O–H groups in total. The van der Waals surface area contributed by atoms with E-state index in [1.165, 1.54) is 11.3 Å². The van der Waals surface area contributed by atoms with Crippen LogP contribution in [0.1, 0.15) is 5.69 Å². The zero-order valence-electron chi connectivity index (χ0n) is 4.50. The summed E-state index contributed by atoms with van der Waals surface area (Å²) in [6, 6.07) is 0. The fourth-order valence-corrected chi connectivity index (χ4v) is 1.47. The van der Waals surface area contributed by atoms with Crippen molar-refractivity contribution in [2.24, 2.45) is 5.90 Å². The number of halogens is 1. The van der Waals surface area contributed by atoms with Crippen molar-refractivity contribution < 1.29 is 4.84 Å². The Labute approximate surface area is 64.9 Å². The van der Waals surface area contributed by atoms with Crippen molar-refractivity contribution in [3.05, 3.63) is 15.0 Å². The summed E-state index contributed by atoms with van der Waals surface area (Å²) in [5.41, 5.74) is 0.856. The number of aromatic nitrogens is 1. The molecule has 1 rings (SSSR count). The van der Waals surface area contributed by atoms with Gasteiger partial charge in [0, 0.05) is 5.38 Å². The van der Waals surface area contributed by atoms with Gasteiger partial charge in [-0.15, -0.1) is 11.3 Å². The van der Waals surface area contributed by atoms with Gasteiger partial charge < -0.3 is 0 Å². The Morgan fingerprint density at radius 3 is 3.11 bits per heavy atom. The largest absolute Gasteiger partial charge is 0.298 e. The molecule has 0 atom stereocenters. The highest BCUT2D eigenvalue weighted by atomic mass is 79.9. The third-order valence-corrected chi connectivity index (χ3v) is 2.17. The normalized spacial score (nSPS) is 10.0. The van der Waals surface area contributed by atoms with Crippen molar-refractivity contribution >= 4 is 27.3 Å². The molecule has 1 aromatic rings. The first-order chi connectivity index (χ1) is 4.33. The van der Waals surface area contributed by atoms with Crippen LogP contribution in [0.2, 0.25) is 0 Å². The lowest BCUT2D eigenvalue weighted by Gasteiger charge is -1.87. The number of rotatable bonds is 2. The fourth-order valence-electron chi connectivity index (χ4n) is 0.434. The molecule has 0 saturated carbocycles. The first kappa shape index (κ1) is 7.14. The van der Waals surface area contributed by atoms with Crippen LogP contribution < -0.4 is 5.90 Å². The molecule has 0 aliphatic rings. The SMILES string of the molecule is NOCc1csc(Br)n1. The van der Waals surface area contributed by atoms with E-state index in [1.807, 2.05) is 5.38 Å². The molecule has 3 nitrogen and oxygen atoms in total. The lowest BCUT2D eigenvalue weighted by atomic mass is 10.5. The summed E-state index contributed by atoms with van der Waals surface area (Å²) in [6.07, 6.45) is 0. The van der Waals surface area contributed by atoms with Gasteiger partial charge in [-0.05, 0) is 15.9 Å². The van der Waals surface area contributed by atoms with Gasteiger partial charge >= 0.3 is 0 Å². The Bertz CT molecular complexity index is 190. The lowest BCUT2D eigenvalue weighted by Crippen LogP contribution is -1.98. The van der Waals surface area contributed by atoms with E-state index in [-0.39, 0.29) is 0 Å². The number of hydrogen-bond acceptors (Lipinski definition) is 4. The zero-order valence-corrected chi connectivity index (χ0v) is 6.91. The quantitative estimate of drug-likeness (QED) is 0.746. The molecule has 0 spiro atoms. The van der Waals surface area contributed by atoms with Gasteiger partial charge in [-0.1, -0.05) is 0 Å². The molecule has 0 amide bonds. The number of nitrogens with two attached hydrogens (primary N) is 1. The molecule has 1 aromatic heterocycles. The van der Waals surface area contributed by atoms with Crippen LogP contribution in [0, 0.1) is 0 Å². The van der Waals surface area contributed by atoms with Gasteiger partial charge in [0.15, 0.2) is 3.92 Å². The van der Waals surface area contributed by atoms with Gasteiger partial charge in [-0.25, -0.2) is 10.9 Å². The van der Waals surface area contributed by atoms with E-state index < -0.39 is 0 Å². The maximum absolute atomic E-state index is 4.82. The summed E-state index contributed by atoms with van der Waals surface area (Å²) in [6.45, 7) is 0.377. The molecule has 5 heteroatoms. The van der Waals surface area contributed by atoms with E-state index in [9.17, 15) is 0 Å². The van der Waals surface area contributed by atoms with E-state index in [0.29, 0.717) is 6.61 Å². The molecule has 0 unspecified atom stereocenters. The molecular weight excluding hydrogens is 204 g/mol. The topological polar surface area (TPSA) is 48.1 Å². The van der Waals surface area contributed by atoms with E-state index in [2.05, 4.69) is 25.8 Å². The average Bonchev–Trinajstić information content (AvgIpc) is 2.17. The van der Waals surface area contributed by atoms with Crippen LogP contribution in [-0.4, -0.2) is 4.98 Å². The second kappa shape index (κ2) is 3.26. The Hall–Kier alpha value is 0.0300. The molecule has 0 saturated heterocycles. The van der Waals surface area contributed by atoms with Gasteiger partial charge in [0.2, 0.25) is 0 Å². The predicted molar refractivity (Wildman–Crippen MR) is 38.8 cm³/mol. The third-order valence-electron chi connectivity index (χ3n) is 0.755. The molecule has 0 aromatic carbocycles. The highest BCUT2D eigenvalue weighted by molar-refractivity contribution is 9.11. The summed E-state index contributed by atoms with van der Waals surface area (Å²) in [7, 11) is 0. The molecule has 0 radical (unpaired) electrons. The minimum atomic E-state index is 0.377. The molecule has 0 aliphatic heterocycles. The summed E-state index contributed by atoms with van der Waals surface area (Å²) in [5.74, 6) is 4.82. The van der Waals surface area contributed by atoms with Gasteiger partial charge in [-0.2, -0.15) is 0 Å². The van der Waals surface area contributed by atoms with Gasteiger partial charge in [0.25, 0.3) is 0 Å². The number of nitrogens with zero attached hydrogens (tertiary/aromatic N) is 1. The maximum atomic E-state index is 4.82. The highest BCUT2D eigenvalue weighted by Gasteiger charge is 1.96. The predicted octanol–water partition coefficient (Wildman–Crippen LogP) is 1.30. The van der Waals surface area contributed by atoms with E-state index in [1.54, 1.807) is 0 Å². The third kappa shape index (κ3) is 2.02. The Morgan fingerprint density at radius 2 is 2.67 bits per heavy atom. The number of hydrogen-bond donors (Lipinski definition) is 1. The Balaban J connectivity index is 2.61. The monoisotopic (exact) mass is 208 g/mol. The zero-order chi connectivity index (χ0) is 6.69. The van der Waals surface area contributed by atoms with Crippen molar-refractivity contribution in [2.45, 2.75) is 6.61 Å². The van der Waals surface area contributed by atoms with Gasteiger partial charge in [-0.3, -0.25) is 4.84 Å². The smallest absolute Gasteiger partial charge is 0.159 e. The molecular formula is C4H5BrN2OS. The van der Waals surface area contributed by atoms with Crippen LogP contribution >= 0.6 is 27.3 Å². The highest BCUT2D eigenvalue weighted by Crippen LogP contribution is 2.15. The van der Waals surface area contributed by atoms with Crippen molar-refractivity contribution in [3.63, 3.8) is 0 Å². The van der Waals surface area contributed by atoms with E-state index in [4.69, 9.17) is 5.90 Å². The van der Waals surface area contributed by atoms with Crippen LogP contribution in [-0.2, 0) is 11.4 Å². The second-order valence-electron chi connectivity index (χ2n) is 1.40. The lowest BCUT2D eigenvalue weighted by molar-refractivity contribution is 0.121. The Morgan fingerprint density at radius 1 is 1.89 bits per heavy atom. The first-order valence-electron chi connectivity index (χ1n) is 2.24. The minimum absolute atomic E-state index is 0.377. The molecule has 0 fully saturated rings. The van der Waals surface area contributed by atoms with Crippen molar-refractivity contribution in [3.8, 4) is 0 Å². The first-order valence-corrected chi connectivity index (χ1v) is 3.92. The second-order valence-corrected chi connectivity index (χ2v) is 3.54. The van der Waals surface area contributed by atoms with Gasteiger partial charge in [0.1, 0.15) is 6.61 Å². The average molecular weight is 209 g/mol. The molecule has 50 valence electrons. The summed E-state index contributed by atoms with van der Waals surface area (Å²) >= 11 is 4.73. The van der Waals surface area contributed by atoms with Crippen molar-refractivity contribution in [2.75, 3.05) is 0 Å². The van der Waals surface area contributed by atoms with Crippen LogP contribution in [0.3, 0.4) is 0 Å². The molecule has 9 heavy (non-hydrogen) atoms. The summed E-state index contributed by atoms with van der Waals surface area (Å²) in [4.78, 5) is 8.40. The minimum Gasteiger partial charge on any atom is -0.298 e. The number of thiazole rings is 1.